The summed E-state index contributed by atoms with van der Waals surface area (Å²) in [6.45, 7) is 1.73. The molecule has 0 bridgehead atoms. The number of esters is 1. The molecule has 0 saturated carbocycles. The lowest BCUT2D eigenvalue weighted by atomic mass is 10.2. The third-order valence-corrected chi connectivity index (χ3v) is 1.74. The van der Waals surface area contributed by atoms with Gasteiger partial charge in [0, 0.05) is 12.6 Å². The monoisotopic (exact) mass is 233 g/mol. The Kier molecular flexibility index (Phi) is 3.87. The molecule has 0 aliphatic carbocycles. The predicted molar refractivity (Wildman–Crippen MR) is 49.8 cm³/mol. The van der Waals surface area contributed by atoms with Crippen molar-refractivity contribution in [3.05, 3.63) is 23.9 Å². The molecule has 0 unspecified atom stereocenters. The molecule has 0 amide bonds. The zero-order valence-electron chi connectivity index (χ0n) is 8.54. The van der Waals surface area contributed by atoms with E-state index < -0.39 is 23.6 Å². The van der Waals surface area contributed by atoms with Crippen molar-refractivity contribution in [1.29, 1.82) is 0 Å². The van der Waals surface area contributed by atoms with Crippen LogP contribution in [0.1, 0.15) is 25.3 Å². The van der Waals surface area contributed by atoms with Crippen LogP contribution in [0.15, 0.2) is 18.3 Å². The predicted octanol–water partition coefficient (Wildman–Crippen LogP) is 2.81. The molecule has 0 atom stereocenters. The number of ether oxygens (including phenoxy) is 1. The zero-order chi connectivity index (χ0) is 12.2. The van der Waals surface area contributed by atoms with E-state index in [-0.39, 0.29) is 6.42 Å². The van der Waals surface area contributed by atoms with Crippen molar-refractivity contribution in [3.63, 3.8) is 0 Å². The van der Waals surface area contributed by atoms with E-state index in [2.05, 4.69) is 9.72 Å². The summed E-state index contributed by atoms with van der Waals surface area (Å²) in [6, 6.07) is 1.96. The van der Waals surface area contributed by atoms with Crippen LogP contribution in [0, 0.1) is 0 Å². The number of carbonyl (C=O) groups is 1. The second-order valence-corrected chi connectivity index (χ2v) is 3.08. The Morgan fingerprint density at radius 3 is 2.75 bits per heavy atom. The van der Waals surface area contributed by atoms with Crippen molar-refractivity contribution in [2.24, 2.45) is 0 Å². The normalized spacial score (nSPS) is 11.2. The average Bonchev–Trinajstić information content (AvgIpc) is 2.17. The molecule has 0 aliphatic rings. The third-order valence-electron chi connectivity index (χ3n) is 1.74. The van der Waals surface area contributed by atoms with Crippen LogP contribution in [-0.4, -0.2) is 11.0 Å². The number of carbonyl (C=O) groups excluding carboxylic acids is 1. The summed E-state index contributed by atoms with van der Waals surface area (Å²) in [6.07, 6.45) is -2.86. The van der Waals surface area contributed by atoms with Crippen LogP contribution in [0.25, 0.3) is 0 Å². The first-order valence-corrected chi connectivity index (χ1v) is 4.68. The minimum Gasteiger partial charge on any atom is -0.407 e. The van der Waals surface area contributed by atoms with Gasteiger partial charge in [0.1, 0.15) is 5.56 Å². The highest BCUT2D eigenvalue weighted by Gasteiger charge is 2.35. The number of alkyl halides is 3. The molecule has 0 saturated heterocycles. The van der Waals surface area contributed by atoms with Gasteiger partial charge in [-0.25, -0.2) is 4.98 Å². The first-order chi connectivity index (χ1) is 7.45. The number of hydrogen-bond acceptors (Lipinski definition) is 3. The van der Waals surface area contributed by atoms with Gasteiger partial charge in [-0.1, -0.05) is 6.92 Å². The van der Waals surface area contributed by atoms with Gasteiger partial charge in [-0.05, 0) is 18.6 Å². The van der Waals surface area contributed by atoms with E-state index in [4.69, 9.17) is 0 Å². The van der Waals surface area contributed by atoms with E-state index in [1.165, 1.54) is 0 Å². The van der Waals surface area contributed by atoms with Gasteiger partial charge in [0.15, 0.2) is 0 Å². The highest BCUT2D eigenvalue weighted by atomic mass is 19.4. The minimum atomic E-state index is -4.57. The summed E-state index contributed by atoms with van der Waals surface area (Å²) in [5, 5.41) is 0. The second-order valence-electron chi connectivity index (χ2n) is 3.08. The molecule has 1 aromatic heterocycles. The Bertz CT molecular complexity index is 377. The molecule has 0 radical (unpaired) electrons. The molecule has 16 heavy (non-hydrogen) atoms. The molecule has 1 aromatic rings. The van der Waals surface area contributed by atoms with Crippen LogP contribution in [0.3, 0.4) is 0 Å². The largest absolute Gasteiger partial charge is 0.421 e. The van der Waals surface area contributed by atoms with Crippen LogP contribution in [0.5, 0.6) is 5.88 Å². The maximum absolute atomic E-state index is 12.5. The SMILES string of the molecule is CCCC(=O)Oc1ncccc1C(F)(F)F. The van der Waals surface area contributed by atoms with Crippen molar-refractivity contribution in [2.45, 2.75) is 25.9 Å². The number of nitrogens with zero attached hydrogens (tertiary/aromatic N) is 1. The van der Waals surface area contributed by atoms with Crippen LogP contribution in [0.4, 0.5) is 13.2 Å². The van der Waals surface area contributed by atoms with Crippen LogP contribution < -0.4 is 4.74 Å². The van der Waals surface area contributed by atoms with Gasteiger partial charge in [0.2, 0.25) is 5.88 Å². The number of pyridine rings is 1. The molecule has 0 spiro atoms. The van der Waals surface area contributed by atoms with E-state index in [9.17, 15) is 18.0 Å². The number of hydrogen-bond donors (Lipinski definition) is 0. The van der Waals surface area contributed by atoms with Gasteiger partial charge in [0.05, 0.1) is 0 Å². The van der Waals surface area contributed by atoms with E-state index in [0.717, 1.165) is 18.3 Å². The molecule has 0 fully saturated rings. The first kappa shape index (κ1) is 12.5. The van der Waals surface area contributed by atoms with E-state index in [1.54, 1.807) is 6.92 Å². The molecule has 6 heteroatoms. The summed E-state index contributed by atoms with van der Waals surface area (Å²) in [5.41, 5.74) is -1.04. The minimum absolute atomic E-state index is 0.0634. The average molecular weight is 233 g/mol. The Hall–Kier alpha value is -1.59. The topological polar surface area (TPSA) is 39.2 Å². The Balaban J connectivity index is 2.92. The number of aromatic nitrogens is 1. The number of halogens is 3. The van der Waals surface area contributed by atoms with Crippen molar-refractivity contribution < 1.29 is 22.7 Å². The lowest BCUT2D eigenvalue weighted by molar-refractivity contribution is -0.142. The quantitative estimate of drug-likeness (QED) is 0.753. The lowest BCUT2D eigenvalue weighted by Gasteiger charge is -2.10. The van der Waals surface area contributed by atoms with Gasteiger partial charge >= 0.3 is 12.1 Å². The smallest absolute Gasteiger partial charge is 0.407 e. The number of rotatable bonds is 3. The van der Waals surface area contributed by atoms with Crippen molar-refractivity contribution in [1.82, 2.24) is 4.98 Å². The van der Waals surface area contributed by atoms with Gasteiger partial charge < -0.3 is 4.74 Å². The zero-order valence-corrected chi connectivity index (χ0v) is 8.54. The molecule has 3 nitrogen and oxygen atoms in total. The fourth-order valence-electron chi connectivity index (χ4n) is 1.05. The second kappa shape index (κ2) is 4.96. The van der Waals surface area contributed by atoms with Crippen LogP contribution in [-0.2, 0) is 11.0 Å². The summed E-state index contributed by atoms with van der Waals surface area (Å²) >= 11 is 0. The van der Waals surface area contributed by atoms with Crippen molar-refractivity contribution in [3.8, 4) is 5.88 Å². The third kappa shape index (κ3) is 3.22. The fraction of sp³-hybridized carbons (Fsp3) is 0.400. The molecule has 1 rings (SSSR count). The van der Waals surface area contributed by atoms with Gasteiger partial charge in [-0.15, -0.1) is 0 Å². The lowest BCUT2D eigenvalue weighted by Crippen LogP contribution is -2.14. The molecule has 88 valence electrons. The molecule has 1 heterocycles. The summed E-state index contributed by atoms with van der Waals surface area (Å²) in [5.74, 6) is -1.40. The Morgan fingerprint density at radius 1 is 1.50 bits per heavy atom. The maximum Gasteiger partial charge on any atom is 0.421 e. The highest BCUT2D eigenvalue weighted by Crippen LogP contribution is 2.34. The van der Waals surface area contributed by atoms with Crippen LogP contribution >= 0.6 is 0 Å². The molecule has 0 aliphatic heterocycles. The van der Waals surface area contributed by atoms with E-state index in [1.807, 2.05) is 0 Å². The Morgan fingerprint density at radius 2 is 2.19 bits per heavy atom. The van der Waals surface area contributed by atoms with Crippen molar-refractivity contribution in [2.75, 3.05) is 0 Å². The summed E-state index contributed by atoms with van der Waals surface area (Å²) in [7, 11) is 0. The Labute approximate surface area is 90.2 Å². The standard InChI is InChI=1S/C10H10F3NO2/c1-2-4-8(15)16-9-7(10(11,12)13)5-3-6-14-9/h3,5-6H,2,4H2,1H3. The molecular weight excluding hydrogens is 223 g/mol. The van der Waals surface area contributed by atoms with Crippen molar-refractivity contribution >= 4 is 5.97 Å². The maximum atomic E-state index is 12.5. The van der Waals surface area contributed by atoms with E-state index >= 15 is 0 Å². The van der Waals surface area contributed by atoms with Gasteiger partial charge in [0.25, 0.3) is 0 Å². The molecule has 0 N–H and O–H groups in total. The van der Waals surface area contributed by atoms with Crippen LogP contribution in [0.2, 0.25) is 0 Å². The summed E-state index contributed by atoms with van der Waals surface area (Å²) in [4.78, 5) is 14.5. The van der Waals surface area contributed by atoms with Gasteiger partial charge in [-0.3, -0.25) is 4.79 Å². The first-order valence-electron chi connectivity index (χ1n) is 4.68. The molecule has 0 aromatic carbocycles. The van der Waals surface area contributed by atoms with E-state index in [0.29, 0.717) is 6.42 Å². The summed E-state index contributed by atoms with van der Waals surface area (Å²) < 4.78 is 41.9. The highest BCUT2D eigenvalue weighted by molar-refractivity contribution is 5.72. The van der Waals surface area contributed by atoms with Gasteiger partial charge in [-0.2, -0.15) is 13.2 Å². The molecular formula is C10H10F3NO2. The fourth-order valence-corrected chi connectivity index (χ4v) is 1.05.